The molecule has 4 fully saturated rings. The fourth-order valence-corrected chi connectivity index (χ4v) is 4.40. The van der Waals surface area contributed by atoms with Gasteiger partial charge in [-0.15, -0.1) is 0 Å². The Morgan fingerprint density at radius 1 is 1.31 bits per heavy atom. The lowest BCUT2D eigenvalue weighted by molar-refractivity contribution is 0.206. The molecule has 4 saturated carbocycles. The number of rotatable bonds is 4. The molecule has 4 aliphatic carbocycles. The Bertz CT molecular complexity index is 211. The van der Waals surface area contributed by atoms with E-state index in [9.17, 15) is 0 Å². The molecule has 0 aromatic rings. The Hall–Kier alpha value is -0.0400. The Balaban J connectivity index is 1.67. The van der Waals surface area contributed by atoms with Gasteiger partial charge in [-0.2, -0.15) is 0 Å². The molecule has 0 heterocycles. The Morgan fingerprint density at radius 3 is 2.46 bits per heavy atom. The van der Waals surface area contributed by atoms with Gasteiger partial charge in [0.15, 0.2) is 0 Å². The van der Waals surface area contributed by atoms with Crippen LogP contribution in [0.4, 0.5) is 0 Å². The summed E-state index contributed by atoms with van der Waals surface area (Å²) in [6.45, 7) is 3.64. The van der Waals surface area contributed by atoms with Gasteiger partial charge in [-0.05, 0) is 57.0 Å². The van der Waals surface area contributed by atoms with E-state index in [0.29, 0.717) is 0 Å². The molecule has 13 heavy (non-hydrogen) atoms. The van der Waals surface area contributed by atoms with Crippen molar-refractivity contribution in [1.82, 2.24) is 4.90 Å². The van der Waals surface area contributed by atoms with Gasteiger partial charge < -0.3 is 4.90 Å². The molecule has 0 spiro atoms. The second-order valence-corrected chi connectivity index (χ2v) is 5.52. The molecule has 1 nitrogen and oxygen atoms in total. The van der Waals surface area contributed by atoms with Crippen LogP contribution in [0.2, 0.25) is 0 Å². The van der Waals surface area contributed by atoms with E-state index in [4.69, 9.17) is 0 Å². The zero-order chi connectivity index (χ0) is 9.05. The Morgan fingerprint density at radius 2 is 2.00 bits per heavy atom. The highest BCUT2D eigenvalue weighted by Gasteiger charge is 2.75. The van der Waals surface area contributed by atoms with E-state index in [-0.39, 0.29) is 0 Å². The standard InChI is InChI=1S/C12H21N/c1-3-4-5-13(2)12-8-9-6-10(12)11(12)7-9/h9-11H,3-8H2,1-2H3. The summed E-state index contributed by atoms with van der Waals surface area (Å²) in [5, 5.41) is 0. The molecule has 1 heteroatoms. The average Bonchev–Trinajstić information content (AvgIpc) is 2.64. The average molecular weight is 179 g/mol. The summed E-state index contributed by atoms with van der Waals surface area (Å²) in [6, 6.07) is 0. The quantitative estimate of drug-likeness (QED) is 0.641. The van der Waals surface area contributed by atoms with Crippen molar-refractivity contribution in [3.63, 3.8) is 0 Å². The second kappa shape index (κ2) is 2.50. The zero-order valence-electron chi connectivity index (χ0n) is 8.92. The number of nitrogens with zero attached hydrogens (tertiary/aromatic N) is 1. The minimum absolute atomic E-state index is 0.736. The summed E-state index contributed by atoms with van der Waals surface area (Å²) in [5.41, 5.74) is 0.736. The van der Waals surface area contributed by atoms with Gasteiger partial charge in [-0.25, -0.2) is 0 Å². The Kier molecular flexibility index (Phi) is 1.59. The molecule has 74 valence electrons. The smallest absolute Gasteiger partial charge is 0.0272 e. The van der Waals surface area contributed by atoms with Crippen LogP contribution >= 0.6 is 0 Å². The molecule has 2 atom stereocenters. The SMILES string of the molecule is CCCCN(C)C12CC3CC1C2C3. The molecule has 0 amide bonds. The first kappa shape index (κ1) is 8.28. The highest BCUT2D eigenvalue weighted by molar-refractivity contribution is 5.28. The highest BCUT2D eigenvalue weighted by Crippen LogP contribution is 2.75. The van der Waals surface area contributed by atoms with Crippen molar-refractivity contribution in [3.05, 3.63) is 0 Å². The molecule has 0 aliphatic heterocycles. The van der Waals surface area contributed by atoms with E-state index in [0.717, 1.165) is 23.3 Å². The van der Waals surface area contributed by atoms with Crippen LogP contribution in [0.25, 0.3) is 0 Å². The predicted molar refractivity (Wildman–Crippen MR) is 54.6 cm³/mol. The summed E-state index contributed by atoms with van der Waals surface area (Å²) in [7, 11) is 2.37. The lowest BCUT2D eigenvalue weighted by Gasteiger charge is -2.26. The molecule has 4 bridgehead atoms. The van der Waals surface area contributed by atoms with E-state index >= 15 is 0 Å². The molecular weight excluding hydrogens is 158 g/mol. The second-order valence-electron chi connectivity index (χ2n) is 5.52. The molecule has 0 saturated heterocycles. The monoisotopic (exact) mass is 179 g/mol. The molecule has 4 rings (SSSR count). The van der Waals surface area contributed by atoms with Crippen molar-refractivity contribution < 1.29 is 0 Å². The van der Waals surface area contributed by atoms with Crippen LogP contribution in [0.1, 0.15) is 39.0 Å². The summed E-state index contributed by atoms with van der Waals surface area (Å²) in [5.74, 6) is 3.37. The van der Waals surface area contributed by atoms with Crippen molar-refractivity contribution in [3.8, 4) is 0 Å². The number of hydrogen-bond acceptors (Lipinski definition) is 1. The summed E-state index contributed by atoms with van der Waals surface area (Å²) < 4.78 is 0. The van der Waals surface area contributed by atoms with Gasteiger partial charge in [0.1, 0.15) is 0 Å². The van der Waals surface area contributed by atoms with Crippen LogP contribution in [0.5, 0.6) is 0 Å². The van der Waals surface area contributed by atoms with Gasteiger partial charge in [0, 0.05) is 5.54 Å². The van der Waals surface area contributed by atoms with Crippen LogP contribution in [-0.4, -0.2) is 24.0 Å². The fourth-order valence-electron chi connectivity index (χ4n) is 4.40. The van der Waals surface area contributed by atoms with Crippen LogP contribution < -0.4 is 0 Å². The van der Waals surface area contributed by atoms with E-state index in [1.54, 1.807) is 19.3 Å². The van der Waals surface area contributed by atoms with Crippen molar-refractivity contribution in [2.75, 3.05) is 13.6 Å². The minimum Gasteiger partial charge on any atom is -0.300 e. The topological polar surface area (TPSA) is 3.24 Å². The third-order valence-corrected chi connectivity index (χ3v) is 5.01. The predicted octanol–water partition coefficient (Wildman–Crippen LogP) is 2.52. The normalized spacial score (nSPS) is 50.5. The maximum Gasteiger partial charge on any atom is 0.0272 e. The molecule has 4 aliphatic rings. The van der Waals surface area contributed by atoms with Gasteiger partial charge in [0.25, 0.3) is 0 Å². The first-order valence-corrected chi connectivity index (χ1v) is 6.00. The maximum absolute atomic E-state index is 2.71. The Labute approximate surface area is 81.5 Å². The lowest BCUT2D eigenvalue weighted by atomic mass is 10.1. The fraction of sp³-hybridized carbons (Fsp3) is 1.00. The third kappa shape index (κ3) is 0.869. The number of unbranched alkanes of at least 4 members (excludes halogenated alkanes) is 1. The van der Waals surface area contributed by atoms with E-state index in [2.05, 4.69) is 18.9 Å². The highest BCUT2D eigenvalue weighted by atomic mass is 15.3. The summed E-state index contributed by atoms with van der Waals surface area (Å²) >= 11 is 0. The van der Waals surface area contributed by atoms with E-state index < -0.39 is 0 Å². The van der Waals surface area contributed by atoms with Crippen molar-refractivity contribution in [1.29, 1.82) is 0 Å². The van der Waals surface area contributed by atoms with E-state index in [1.807, 2.05) is 0 Å². The van der Waals surface area contributed by atoms with Gasteiger partial charge in [-0.3, -0.25) is 0 Å². The van der Waals surface area contributed by atoms with Gasteiger partial charge >= 0.3 is 0 Å². The molecule has 0 radical (unpaired) electrons. The lowest BCUT2D eigenvalue weighted by Crippen LogP contribution is -2.35. The summed E-state index contributed by atoms with van der Waals surface area (Å²) in [6.07, 6.45) is 7.42. The maximum atomic E-state index is 2.71. The zero-order valence-corrected chi connectivity index (χ0v) is 8.92. The largest absolute Gasteiger partial charge is 0.300 e. The molecule has 0 aromatic carbocycles. The van der Waals surface area contributed by atoms with E-state index in [1.165, 1.54) is 19.4 Å². The first-order valence-electron chi connectivity index (χ1n) is 6.00. The molecular formula is C12H21N. The van der Waals surface area contributed by atoms with Crippen LogP contribution in [-0.2, 0) is 0 Å². The first-order chi connectivity index (χ1) is 6.29. The van der Waals surface area contributed by atoms with Crippen LogP contribution in [0.3, 0.4) is 0 Å². The molecule has 2 unspecified atom stereocenters. The molecule has 0 aromatic heterocycles. The van der Waals surface area contributed by atoms with Gasteiger partial charge in [0.05, 0.1) is 0 Å². The van der Waals surface area contributed by atoms with Gasteiger partial charge in [0.2, 0.25) is 0 Å². The summed E-state index contributed by atoms with van der Waals surface area (Å²) in [4.78, 5) is 2.71. The minimum atomic E-state index is 0.736. The van der Waals surface area contributed by atoms with Crippen molar-refractivity contribution in [2.45, 2.75) is 44.6 Å². The van der Waals surface area contributed by atoms with Crippen LogP contribution in [0.15, 0.2) is 0 Å². The van der Waals surface area contributed by atoms with Crippen molar-refractivity contribution in [2.24, 2.45) is 17.8 Å². The molecule has 0 N–H and O–H groups in total. The van der Waals surface area contributed by atoms with Crippen LogP contribution in [0, 0.1) is 17.8 Å². The number of hydrogen-bond donors (Lipinski definition) is 0. The third-order valence-electron chi connectivity index (χ3n) is 5.01. The van der Waals surface area contributed by atoms with Crippen molar-refractivity contribution >= 4 is 0 Å². The van der Waals surface area contributed by atoms with Gasteiger partial charge in [-0.1, -0.05) is 13.3 Å².